The Bertz CT molecular complexity index is 1540. The number of benzene rings is 1. The third kappa shape index (κ3) is 5.86. The van der Waals surface area contributed by atoms with Gasteiger partial charge in [-0.2, -0.15) is 9.97 Å². The van der Waals surface area contributed by atoms with Crippen LogP contribution in [0.1, 0.15) is 49.4 Å². The lowest BCUT2D eigenvalue weighted by Crippen LogP contribution is -2.42. The molecule has 1 aromatic carbocycles. The Morgan fingerprint density at radius 1 is 1.00 bits per heavy atom. The number of H-pyrrole nitrogens is 1. The van der Waals surface area contributed by atoms with E-state index in [1.807, 2.05) is 0 Å². The summed E-state index contributed by atoms with van der Waals surface area (Å²) in [4.78, 5) is 40.0. The Hall–Kier alpha value is -3.38. The third-order valence-corrected chi connectivity index (χ3v) is 7.00. The van der Waals surface area contributed by atoms with Crippen LogP contribution in [-0.4, -0.2) is 53.8 Å². The predicted molar refractivity (Wildman–Crippen MR) is 136 cm³/mol. The van der Waals surface area contributed by atoms with Gasteiger partial charge >= 0.3 is 5.69 Å². The maximum atomic E-state index is 13.9. The van der Waals surface area contributed by atoms with Crippen molar-refractivity contribution < 1.29 is 13.3 Å². The summed E-state index contributed by atoms with van der Waals surface area (Å²) in [6, 6.07) is 3.31. The standard InChI is InChI=1S/C25H28ClF2N7O3/c26-24-30-21-22(31-24)34(13-12-33-9-3-1-2-4-10-33)25(37)35(23(21)36)11-5-6-20-29-19(32-38-20)14-16-7-8-17(27)15-18(16)28/h7-8,15H,1-6,9-14H2,(H,30,31). The Kier molecular flexibility index (Phi) is 7.98. The molecule has 202 valence electrons. The van der Waals surface area contributed by atoms with Gasteiger partial charge in [0.1, 0.15) is 11.6 Å². The van der Waals surface area contributed by atoms with Crippen LogP contribution in [0.5, 0.6) is 0 Å². The highest BCUT2D eigenvalue weighted by Crippen LogP contribution is 2.15. The first-order chi connectivity index (χ1) is 18.4. The van der Waals surface area contributed by atoms with Crippen molar-refractivity contribution in [2.45, 2.75) is 58.0 Å². The molecule has 0 radical (unpaired) electrons. The fourth-order valence-corrected chi connectivity index (χ4v) is 5.00. The molecular weight excluding hydrogens is 520 g/mol. The molecule has 13 heteroatoms. The average molecular weight is 548 g/mol. The monoisotopic (exact) mass is 547 g/mol. The number of aromatic amines is 1. The van der Waals surface area contributed by atoms with Gasteiger partial charge in [-0.05, 0) is 55.6 Å². The minimum atomic E-state index is -0.683. The molecule has 0 spiro atoms. The van der Waals surface area contributed by atoms with Gasteiger partial charge in [0, 0.05) is 38.5 Å². The highest BCUT2D eigenvalue weighted by molar-refractivity contribution is 6.28. The Balaban J connectivity index is 1.29. The number of likely N-dealkylation sites (tertiary alicyclic amines) is 1. The van der Waals surface area contributed by atoms with Crippen LogP contribution >= 0.6 is 11.6 Å². The number of aromatic nitrogens is 6. The second kappa shape index (κ2) is 11.6. The molecule has 3 aromatic heterocycles. The van der Waals surface area contributed by atoms with Gasteiger partial charge in [-0.3, -0.25) is 13.9 Å². The van der Waals surface area contributed by atoms with Crippen LogP contribution in [0, 0.1) is 11.6 Å². The van der Waals surface area contributed by atoms with E-state index >= 15 is 0 Å². The first-order valence-corrected chi connectivity index (χ1v) is 13.1. The second-order valence-corrected chi connectivity index (χ2v) is 9.85. The summed E-state index contributed by atoms with van der Waals surface area (Å²) in [6.07, 6.45) is 5.43. The highest BCUT2D eigenvalue weighted by atomic mass is 35.5. The van der Waals surface area contributed by atoms with Crippen molar-refractivity contribution in [3.05, 3.63) is 73.2 Å². The molecule has 0 atom stereocenters. The number of fused-ring (bicyclic) bond motifs is 1. The lowest BCUT2D eigenvalue weighted by atomic mass is 10.1. The van der Waals surface area contributed by atoms with Gasteiger partial charge < -0.3 is 14.4 Å². The zero-order chi connectivity index (χ0) is 26.6. The van der Waals surface area contributed by atoms with E-state index in [9.17, 15) is 18.4 Å². The van der Waals surface area contributed by atoms with E-state index in [-0.39, 0.29) is 40.8 Å². The number of rotatable bonds is 9. The van der Waals surface area contributed by atoms with Crippen LogP contribution in [0.25, 0.3) is 11.2 Å². The number of imidazole rings is 1. The van der Waals surface area contributed by atoms with Gasteiger partial charge in [0.2, 0.25) is 11.2 Å². The van der Waals surface area contributed by atoms with Gasteiger partial charge in [0.15, 0.2) is 17.0 Å². The topological polar surface area (TPSA) is 115 Å². The van der Waals surface area contributed by atoms with Gasteiger partial charge in [0.05, 0.1) is 0 Å². The van der Waals surface area contributed by atoms with E-state index < -0.39 is 22.9 Å². The molecule has 0 amide bonds. The average Bonchev–Trinajstić information content (AvgIpc) is 3.40. The number of halogens is 3. The maximum absolute atomic E-state index is 13.9. The van der Waals surface area contributed by atoms with Crippen molar-refractivity contribution in [2.24, 2.45) is 0 Å². The van der Waals surface area contributed by atoms with Crippen LogP contribution in [0.15, 0.2) is 32.3 Å². The maximum Gasteiger partial charge on any atom is 0.332 e. The molecule has 1 saturated heterocycles. The molecule has 10 nitrogen and oxygen atoms in total. The molecule has 5 rings (SSSR count). The van der Waals surface area contributed by atoms with Crippen LogP contribution in [0.4, 0.5) is 8.78 Å². The molecule has 4 heterocycles. The van der Waals surface area contributed by atoms with E-state index in [1.165, 1.54) is 34.1 Å². The summed E-state index contributed by atoms with van der Waals surface area (Å²) >= 11 is 6.05. The molecular formula is C25H28ClF2N7O3. The second-order valence-electron chi connectivity index (χ2n) is 9.49. The van der Waals surface area contributed by atoms with Crippen molar-refractivity contribution in [2.75, 3.05) is 19.6 Å². The number of hydrogen-bond acceptors (Lipinski definition) is 7. The minimum Gasteiger partial charge on any atom is -0.339 e. The van der Waals surface area contributed by atoms with Gasteiger partial charge in [-0.15, -0.1) is 0 Å². The number of hydrogen-bond donors (Lipinski definition) is 1. The summed E-state index contributed by atoms with van der Waals surface area (Å²) in [5.74, 6) is -0.793. The largest absolute Gasteiger partial charge is 0.339 e. The van der Waals surface area contributed by atoms with Crippen molar-refractivity contribution in [1.29, 1.82) is 0 Å². The Labute approximate surface area is 221 Å². The smallest absolute Gasteiger partial charge is 0.332 e. The normalized spacial score (nSPS) is 14.8. The lowest BCUT2D eigenvalue weighted by Gasteiger charge is -2.20. The molecule has 38 heavy (non-hydrogen) atoms. The molecule has 1 aliphatic heterocycles. The van der Waals surface area contributed by atoms with Crippen LogP contribution < -0.4 is 11.2 Å². The molecule has 0 saturated carbocycles. The number of nitrogens with one attached hydrogen (secondary N) is 1. The molecule has 1 aliphatic rings. The highest BCUT2D eigenvalue weighted by Gasteiger charge is 2.19. The lowest BCUT2D eigenvalue weighted by molar-refractivity contribution is 0.271. The van der Waals surface area contributed by atoms with Gasteiger partial charge in [-0.25, -0.2) is 13.6 Å². The zero-order valence-electron chi connectivity index (χ0n) is 20.8. The molecule has 1 N–H and O–H groups in total. The Morgan fingerprint density at radius 2 is 1.79 bits per heavy atom. The van der Waals surface area contributed by atoms with Crippen LogP contribution in [0.2, 0.25) is 5.28 Å². The third-order valence-electron chi connectivity index (χ3n) is 6.82. The summed E-state index contributed by atoms with van der Waals surface area (Å²) in [6.45, 7) is 3.16. The first-order valence-electron chi connectivity index (χ1n) is 12.8. The fraction of sp³-hybridized carbons (Fsp3) is 0.480. The Morgan fingerprint density at radius 3 is 2.55 bits per heavy atom. The molecule has 0 aliphatic carbocycles. The van der Waals surface area contributed by atoms with E-state index in [4.69, 9.17) is 16.1 Å². The van der Waals surface area contributed by atoms with Crippen molar-refractivity contribution in [1.82, 2.24) is 34.1 Å². The minimum absolute atomic E-state index is 0.0497. The van der Waals surface area contributed by atoms with E-state index in [1.54, 1.807) is 0 Å². The predicted octanol–water partition coefficient (Wildman–Crippen LogP) is 3.30. The van der Waals surface area contributed by atoms with Crippen molar-refractivity contribution >= 4 is 22.8 Å². The fourth-order valence-electron chi connectivity index (χ4n) is 4.83. The van der Waals surface area contributed by atoms with Crippen molar-refractivity contribution in [3.63, 3.8) is 0 Å². The quantitative estimate of drug-likeness (QED) is 0.320. The SMILES string of the molecule is O=c1c2[nH]c(Cl)nc2n(CCN2CCCCCC2)c(=O)n1CCCc1nc(Cc2ccc(F)cc2F)no1. The van der Waals surface area contributed by atoms with Crippen LogP contribution in [-0.2, 0) is 25.9 Å². The molecule has 0 bridgehead atoms. The van der Waals surface area contributed by atoms with Gasteiger partial charge in [0.25, 0.3) is 5.56 Å². The summed E-state index contributed by atoms with van der Waals surface area (Å²) in [5, 5.41) is 3.91. The van der Waals surface area contributed by atoms with Gasteiger partial charge in [-0.1, -0.05) is 24.1 Å². The number of aryl methyl sites for hydroxylation is 1. The first kappa shape index (κ1) is 26.2. The summed E-state index contributed by atoms with van der Waals surface area (Å²) in [5.41, 5.74) is -0.248. The molecule has 1 fully saturated rings. The van der Waals surface area contributed by atoms with E-state index in [2.05, 4.69) is 25.0 Å². The molecule has 4 aromatic rings. The number of nitrogens with zero attached hydrogens (tertiary/aromatic N) is 6. The molecule has 0 unspecified atom stereocenters. The van der Waals surface area contributed by atoms with Crippen LogP contribution in [0.3, 0.4) is 0 Å². The van der Waals surface area contributed by atoms with E-state index in [0.717, 1.165) is 32.0 Å². The summed E-state index contributed by atoms with van der Waals surface area (Å²) in [7, 11) is 0. The zero-order valence-corrected chi connectivity index (χ0v) is 21.5. The van der Waals surface area contributed by atoms with Crippen molar-refractivity contribution in [3.8, 4) is 0 Å². The van der Waals surface area contributed by atoms with E-state index in [0.29, 0.717) is 31.8 Å². The summed E-state index contributed by atoms with van der Waals surface area (Å²) < 4.78 is 35.0.